The highest BCUT2D eigenvalue weighted by Gasteiger charge is 2.26. The lowest BCUT2D eigenvalue weighted by atomic mass is 9.83. The normalized spacial score (nSPS) is 19.4. The first-order valence-electron chi connectivity index (χ1n) is 5.12. The van der Waals surface area contributed by atoms with Gasteiger partial charge in [-0.2, -0.15) is 0 Å². The van der Waals surface area contributed by atoms with E-state index in [0.717, 1.165) is 36.1 Å². The minimum absolute atomic E-state index is 0.334. The zero-order chi connectivity index (χ0) is 10.8. The number of rotatable bonds is 2. The molecule has 1 aliphatic rings. The third-order valence-electron chi connectivity index (χ3n) is 2.96. The number of benzene rings is 1. The summed E-state index contributed by atoms with van der Waals surface area (Å²) in [5.41, 5.74) is 2.07. The summed E-state index contributed by atoms with van der Waals surface area (Å²) < 4.78 is 5.13. The molecule has 0 aromatic heterocycles. The Hall–Kier alpha value is -1.51. The van der Waals surface area contributed by atoms with Crippen LogP contribution in [0.1, 0.15) is 29.9 Å². The van der Waals surface area contributed by atoms with Gasteiger partial charge in [-0.25, -0.2) is 0 Å². The molecule has 3 nitrogen and oxygen atoms in total. The first kappa shape index (κ1) is 10.0. The SMILES string of the molecule is COc1ccc2c(c1)CCCC2C(=O)O. The van der Waals surface area contributed by atoms with Gasteiger partial charge in [0.15, 0.2) is 0 Å². The van der Waals surface area contributed by atoms with Crippen molar-refractivity contribution in [3.63, 3.8) is 0 Å². The summed E-state index contributed by atoms with van der Waals surface area (Å²) >= 11 is 0. The molecular weight excluding hydrogens is 192 g/mol. The summed E-state index contributed by atoms with van der Waals surface area (Å²) in [5.74, 6) is -0.249. The molecule has 3 heteroatoms. The highest BCUT2D eigenvalue weighted by atomic mass is 16.5. The maximum Gasteiger partial charge on any atom is 0.310 e. The Balaban J connectivity index is 2.40. The zero-order valence-corrected chi connectivity index (χ0v) is 8.69. The van der Waals surface area contributed by atoms with E-state index in [1.807, 2.05) is 18.2 Å². The van der Waals surface area contributed by atoms with Gasteiger partial charge >= 0.3 is 5.97 Å². The number of methoxy groups -OCH3 is 1. The van der Waals surface area contributed by atoms with Crippen LogP contribution in [0.4, 0.5) is 0 Å². The van der Waals surface area contributed by atoms with E-state index >= 15 is 0 Å². The average Bonchev–Trinajstić information content (AvgIpc) is 2.27. The van der Waals surface area contributed by atoms with Gasteiger partial charge in [-0.3, -0.25) is 4.79 Å². The molecule has 1 N–H and O–H groups in total. The predicted molar refractivity (Wildman–Crippen MR) is 56.3 cm³/mol. The van der Waals surface area contributed by atoms with Crippen molar-refractivity contribution in [1.82, 2.24) is 0 Å². The van der Waals surface area contributed by atoms with Gasteiger partial charge in [0.05, 0.1) is 13.0 Å². The number of hydrogen-bond donors (Lipinski definition) is 1. The number of ether oxygens (including phenoxy) is 1. The van der Waals surface area contributed by atoms with Crippen LogP contribution in [-0.4, -0.2) is 18.2 Å². The fourth-order valence-corrected chi connectivity index (χ4v) is 2.17. The number of hydrogen-bond acceptors (Lipinski definition) is 2. The van der Waals surface area contributed by atoms with Crippen molar-refractivity contribution in [2.24, 2.45) is 0 Å². The van der Waals surface area contributed by atoms with Crippen LogP contribution in [0.2, 0.25) is 0 Å². The van der Waals surface area contributed by atoms with E-state index in [1.54, 1.807) is 7.11 Å². The second-order valence-corrected chi connectivity index (χ2v) is 3.85. The number of fused-ring (bicyclic) bond motifs is 1. The molecule has 1 aromatic carbocycles. The molecule has 0 heterocycles. The Labute approximate surface area is 88.7 Å². The average molecular weight is 206 g/mol. The van der Waals surface area contributed by atoms with Crippen LogP contribution in [0, 0.1) is 0 Å². The topological polar surface area (TPSA) is 46.5 Å². The molecule has 0 bridgehead atoms. The molecule has 0 spiro atoms. The monoisotopic (exact) mass is 206 g/mol. The van der Waals surface area contributed by atoms with Gasteiger partial charge in [-0.1, -0.05) is 6.07 Å². The van der Waals surface area contributed by atoms with Crippen molar-refractivity contribution >= 4 is 5.97 Å². The van der Waals surface area contributed by atoms with Crippen LogP contribution in [0.15, 0.2) is 18.2 Å². The molecular formula is C12H14O3. The van der Waals surface area contributed by atoms with E-state index in [2.05, 4.69) is 0 Å². The highest BCUT2D eigenvalue weighted by molar-refractivity contribution is 5.77. The maximum absolute atomic E-state index is 11.0. The molecule has 1 aliphatic carbocycles. The maximum atomic E-state index is 11.0. The third kappa shape index (κ3) is 1.82. The van der Waals surface area contributed by atoms with E-state index < -0.39 is 5.97 Å². The van der Waals surface area contributed by atoms with Gasteiger partial charge in [0.2, 0.25) is 0 Å². The summed E-state index contributed by atoms with van der Waals surface area (Å²) in [7, 11) is 1.62. The summed E-state index contributed by atoms with van der Waals surface area (Å²) in [6, 6.07) is 5.66. The van der Waals surface area contributed by atoms with Crippen molar-refractivity contribution in [2.45, 2.75) is 25.2 Å². The molecule has 0 radical (unpaired) electrons. The number of aryl methyl sites for hydroxylation is 1. The molecule has 1 unspecified atom stereocenters. The Morgan fingerprint density at radius 1 is 1.53 bits per heavy atom. The van der Waals surface area contributed by atoms with Gasteiger partial charge in [0.25, 0.3) is 0 Å². The standard InChI is InChI=1S/C12H14O3/c1-15-9-5-6-10-8(7-9)3-2-4-11(10)12(13)14/h5-7,11H,2-4H2,1H3,(H,13,14). The van der Waals surface area contributed by atoms with Crippen molar-refractivity contribution in [2.75, 3.05) is 7.11 Å². The Kier molecular flexibility index (Phi) is 2.62. The van der Waals surface area contributed by atoms with Gasteiger partial charge in [0, 0.05) is 0 Å². The lowest BCUT2D eigenvalue weighted by Crippen LogP contribution is -2.17. The number of carboxylic acid groups (broad SMARTS) is 1. The van der Waals surface area contributed by atoms with Gasteiger partial charge in [0.1, 0.15) is 5.75 Å². The van der Waals surface area contributed by atoms with Crippen LogP contribution in [0.5, 0.6) is 5.75 Å². The van der Waals surface area contributed by atoms with E-state index in [4.69, 9.17) is 9.84 Å². The molecule has 80 valence electrons. The smallest absolute Gasteiger partial charge is 0.310 e. The van der Waals surface area contributed by atoms with E-state index in [9.17, 15) is 4.79 Å². The molecule has 1 atom stereocenters. The Morgan fingerprint density at radius 3 is 3.00 bits per heavy atom. The quantitative estimate of drug-likeness (QED) is 0.806. The molecule has 0 aliphatic heterocycles. The molecule has 0 amide bonds. The Morgan fingerprint density at radius 2 is 2.33 bits per heavy atom. The number of carbonyl (C=O) groups is 1. The third-order valence-corrected chi connectivity index (χ3v) is 2.96. The second kappa shape index (κ2) is 3.93. The molecule has 0 saturated heterocycles. The summed E-state index contributed by atoms with van der Waals surface area (Å²) in [6.45, 7) is 0. The molecule has 15 heavy (non-hydrogen) atoms. The van der Waals surface area contributed by atoms with Crippen LogP contribution in [-0.2, 0) is 11.2 Å². The first-order chi connectivity index (χ1) is 7.22. The van der Waals surface area contributed by atoms with Crippen molar-refractivity contribution in [1.29, 1.82) is 0 Å². The van der Waals surface area contributed by atoms with Gasteiger partial charge in [-0.05, 0) is 42.5 Å². The van der Waals surface area contributed by atoms with Gasteiger partial charge in [-0.15, -0.1) is 0 Å². The Bertz CT molecular complexity index is 384. The van der Waals surface area contributed by atoms with Crippen molar-refractivity contribution in [3.05, 3.63) is 29.3 Å². The molecule has 0 fully saturated rings. The minimum Gasteiger partial charge on any atom is -0.497 e. The number of carboxylic acids is 1. The molecule has 1 aromatic rings. The van der Waals surface area contributed by atoms with Crippen molar-refractivity contribution < 1.29 is 14.6 Å². The fourth-order valence-electron chi connectivity index (χ4n) is 2.17. The lowest BCUT2D eigenvalue weighted by Gasteiger charge is -2.22. The summed E-state index contributed by atoms with van der Waals surface area (Å²) in [6.07, 6.45) is 2.64. The second-order valence-electron chi connectivity index (χ2n) is 3.85. The van der Waals surface area contributed by atoms with E-state index in [1.165, 1.54) is 0 Å². The lowest BCUT2D eigenvalue weighted by molar-refractivity contribution is -0.139. The van der Waals surface area contributed by atoms with Crippen LogP contribution >= 0.6 is 0 Å². The number of aliphatic carboxylic acids is 1. The van der Waals surface area contributed by atoms with Crippen molar-refractivity contribution in [3.8, 4) is 5.75 Å². The fraction of sp³-hybridized carbons (Fsp3) is 0.417. The molecule has 2 rings (SSSR count). The van der Waals surface area contributed by atoms with Crippen LogP contribution in [0.3, 0.4) is 0 Å². The summed E-state index contributed by atoms with van der Waals surface area (Å²) in [5, 5.41) is 9.08. The summed E-state index contributed by atoms with van der Waals surface area (Å²) in [4.78, 5) is 11.0. The first-order valence-corrected chi connectivity index (χ1v) is 5.12. The van der Waals surface area contributed by atoms with Gasteiger partial charge < -0.3 is 9.84 Å². The predicted octanol–water partition coefficient (Wildman–Crippen LogP) is 2.20. The zero-order valence-electron chi connectivity index (χ0n) is 8.69. The van der Waals surface area contributed by atoms with Crippen LogP contribution in [0.25, 0.3) is 0 Å². The minimum atomic E-state index is -0.721. The van der Waals surface area contributed by atoms with Crippen LogP contribution < -0.4 is 4.74 Å². The largest absolute Gasteiger partial charge is 0.497 e. The highest BCUT2D eigenvalue weighted by Crippen LogP contribution is 2.33. The van der Waals surface area contributed by atoms with E-state index in [0.29, 0.717) is 0 Å². The van der Waals surface area contributed by atoms with E-state index in [-0.39, 0.29) is 5.92 Å². The molecule has 0 saturated carbocycles.